The van der Waals surface area contributed by atoms with Gasteiger partial charge in [-0.05, 0) is 12.8 Å². The molecule has 0 aliphatic heterocycles. The van der Waals surface area contributed by atoms with Gasteiger partial charge in [0.2, 0.25) is 0 Å². The highest BCUT2D eigenvalue weighted by molar-refractivity contribution is 5.76. The fourth-order valence-electron chi connectivity index (χ4n) is 2.83. The van der Waals surface area contributed by atoms with Crippen LogP contribution in [0.2, 0.25) is 0 Å². The van der Waals surface area contributed by atoms with Crippen molar-refractivity contribution in [2.45, 2.75) is 31.8 Å². The Morgan fingerprint density at radius 3 is 2.42 bits per heavy atom. The van der Waals surface area contributed by atoms with Crippen LogP contribution in [0.3, 0.4) is 0 Å². The van der Waals surface area contributed by atoms with Gasteiger partial charge in [0.1, 0.15) is 0 Å². The minimum absolute atomic E-state index is 0.00231. The molecular formula is C9H14O3. The highest BCUT2D eigenvalue weighted by Gasteiger charge is 2.69. The number of carboxylic acids is 1. The van der Waals surface area contributed by atoms with Crippen molar-refractivity contribution in [3.8, 4) is 0 Å². The second kappa shape index (κ2) is 2.46. The van der Waals surface area contributed by atoms with E-state index in [4.69, 9.17) is 9.84 Å². The lowest BCUT2D eigenvalue weighted by molar-refractivity contribution is -0.140. The third kappa shape index (κ3) is 0.829. The predicted molar refractivity (Wildman–Crippen MR) is 42.8 cm³/mol. The number of methoxy groups -OCH3 is 1. The van der Waals surface area contributed by atoms with Crippen molar-refractivity contribution < 1.29 is 14.6 Å². The summed E-state index contributed by atoms with van der Waals surface area (Å²) in [5, 5.41) is 8.90. The molecule has 68 valence electrons. The lowest BCUT2D eigenvalue weighted by Crippen LogP contribution is -2.06. The van der Waals surface area contributed by atoms with Crippen LogP contribution in [0, 0.1) is 11.3 Å². The fourth-order valence-corrected chi connectivity index (χ4v) is 2.83. The van der Waals surface area contributed by atoms with Gasteiger partial charge in [0.25, 0.3) is 0 Å². The highest BCUT2D eigenvalue weighted by Crippen LogP contribution is 2.64. The number of ether oxygens (including phenoxy) is 1. The molecule has 2 fully saturated rings. The summed E-state index contributed by atoms with van der Waals surface area (Å²) in [6.45, 7) is 0. The van der Waals surface area contributed by atoms with Crippen molar-refractivity contribution >= 4 is 5.97 Å². The fraction of sp³-hybridized carbons (Fsp3) is 0.889. The smallest absolute Gasteiger partial charge is 0.309 e. The lowest BCUT2D eigenvalue weighted by atomic mass is 10.0. The molecule has 12 heavy (non-hydrogen) atoms. The van der Waals surface area contributed by atoms with Crippen LogP contribution in [0.5, 0.6) is 0 Å². The first-order valence-corrected chi connectivity index (χ1v) is 4.48. The van der Waals surface area contributed by atoms with Gasteiger partial charge in [0.15, 0.2) is 0 Å². The molecule has 0 saturated heterocycles. The maximum Gasteiger partial charge on any atom is 0.309 e. The number of aliphatic carboxylic acids is 1. The van der Waals surface area contributed by atoms with Crippen LogP contribution in [-0.2, 0) is 9.53 Å². The number of hydrogen-bond donors (Lipinski definition) is 1. The van der Waals surface area contributed by atoms with Crippen LogP contribution in [0.15, 0.2) is 0 Å². The number of carbonyl (C=O) groups is 1. The first-order chi connectivity index (χ1) is 5.72. The summed E-state index contributed by atoms with van der Waals surface area (Å²) < 4.78 is 5.19. The van der Waals surface area contributed by atoms with Crippen molar-refractivity contribution in [2.24, 2.45) is 11.3 Å². The van der Waals surface area contributed by atoms with Crippen molar-refractivity contribution in [1.82, 2.24) is 0 Å². The Balaban J connectivity index is 2.12. The maximum atomic E-state index is 10.8. The number of carboxylic acid groups (broad SMARTS) is 1. The van der Waals surface area contributed by atoms with Crippen LogP contribution in [0.1, 0.15) is 25.7 Å². The Kier molecular flexibility index (Phi) is 1.65. The molecule has 3 heteroatoms. The quantitative estimate of drug-likeness (QED) is 0.679. The zero-order valence-corrected chi connectivity index (χ0v) is 7.25. The number of hydrogen-bond acceptors (Lipinski definition) is 2. The second-order valence-corrected chi connectivity index (χ2v) is 3.91. The largest absolute Gasteiger partial charge is 0.481 e. The summed E-state index contributed by atoms with van der Waals surface area (Å²) >= 11 is 0. The van der Waals surface area contributed by atoms with Crippen molar-refractivity contribution in [2.75, 3.05) is 7.11 Å². The van der Waals surface area contributed by atoms with Gasteiger partial charge in [0.05, 0.1) is 12.0 Å². The third-order valence-electron chi connectivity index (χ3n) is 3.43. The minimum Gasteiger partial charge on any atom is -0.481 e. The zero-order valence-electron chi connectivity index (χ0n) is 7.25. The van der Waals surface area contributed by atoms with Crippen LogP contribution in [0.25, 0.3) is 0 Å². The van der Waals surface area contributed by atoms with E-state index < -0.39 is 5.97 Å². The molecule has 0 heterocycles. The van der Waals surface area contributed by atoms with Gasteiger partial charge in [-0.15, -0.1) is 0 Å². The van der Waals surface area contributed by atoms with E-state index in [-0.39, 0.29) is 17.4 Å². The lowest BCUT2D eigenvalue weighted by Gasteiger charge is -2.04. The second-order valence-electron chi connectivity index (χ2n) is 3.91. The van der Waals surface area contributed by atoms with Crippen molar-refractivity contribution in [3.05, 3.63) is 0 Å². The Morgan fingerprint density at radius 2 is 2.08 bits per heavy atom. The normalized spacial score (nSPS) is 37.1. The summed E-state index contributed by atoms with van der Waals surface area (Å²) in [4.78, 5) is 10.8. The molecule has 0 aromatic rings. The first-order valence-electron chi connectivity index (χ1n) is 4.48. The van der Waals surface area contributed by atoms with E-state index in [2.05, 4.69) is 0 Å². The maximum absolute atomic E-state index is 10.8. The molecule has 3 nitrogen and oxygen atoms in total. The number of rotatable bonds is 2. The standard InChI is InChI=1S/C9H14O3/c1-12-7-6(8(10)11)9(7)4-2-3-5-9/h6-7H,2-5H2,1H3,(H,10,11)/t6-,7+/m1/s1. The molecule has 2 atom stereocenters. The van der Waals surface area contributed by atoms with E-state index in [1.54, 1.807) is 7.11 Å². The molecule has 0 bridgehead atoms. The SMILES string of the molecule is CO[C@H]1[C@H](C(=O)O)C12CCCC2. The predicted octanol–water partition coefficient (Wildman–Crippen LogP) is 1.28. The van der Waals surface area contributed by atoms with Crippen LogP contribution in [0.4, 0.5) is 0 Å². The molecule has 2 aliphatic rings. The van der Waals surface area contributed by atoms with Gasteiger partial charge in [-0.1, -0.05) is 12.8 Å². The molecule has 2 saturated carbocycles. The van der Waals surface area contributed by atoms with Gasteiger partial charge in [-0.2, -0.15) is 0 Å². The van der Waals surface area contributed by atoms with Gasteiger partial charge in [-0.3, -0.25) is 4.79 Å². The van der Waals surface area contributed by atoms with Gasteiger partial charge in [-0.25, -0.2) is 0 Å². The molecule has 0 unspecified atom stereocenters. The monoisotopic (exact) mass is 170 g/mol. The molecular weight excluding hydrogens is 156 g/mol. The molecule has 2 aliphatic carbocycles. The van der Waals surface area contributed by atoms with Crippen LogP contribution >= 0.6 is 0 Å². The third-order valence-corrected chi connectivity index (χ3v) is 3.43. The van der Waals surface area contributed by atoms with E-state index in [1.165, 1.54) is 12.8 Å². The Bertz CT molecular complexity index is 206. The molecule has 2 rings (SSSR count). The first kappa shape index (κ1) is 8.05. The van der Waals surface area contributed by atoms with E-state index >= 15 is 0 Å². The average Bonchev–Trinajstić information content (AvgIpc) is 2.34. The molecule has 0 aromatic carbocycles. The molecule has 0 aromatic heterocycles. The summed E-state index contributed by atoms with van der Waals surface area (Å²) in [6.07, 6.45) is 4.43. The molecule has 0 radical (unpaired) electrons. The molecule has 0 amide bonds. The van der Waals surface area contributed by atoms with E-state index in [1.807, 2.05) is 0 Å². The summed E-state index contributed by atoms with van der Waals surface area (Å²) in [6, 6.07) is 0. The Labute approximate surface area is 71.7 Å². The van der Waals surface area contributed by atoms with Crippen LogP contribution in [-0.4, -0.2) is 24.3 Å². The highest BCUT2D eigenvalue weighted by atomic mass is 16.5. The Morgan fingerprint density at radius 1 is 1.50 bits per heavy atom. The molecule has 1 spiro atoms. The van der Waals surface area contributed by atoms with E-state index in [9.17, 15) is 4.79 Å². The van der Waals surface area contributed by atoms with E-state index in [0.29, 0.717) is 0 Å². The van der Waals surface area contributed by atoms with E-state index in [0.717, 1.165) is 12.8 Å². The summed E-state index contributed by atoms with van der Waals surface area (Å²) in [7, 11) is 1.62. The summed E-state index contributed by atoms with van der Waals surface area (Å²) in [5.74, 6) is -0.895. The summed E-state index contributed by atoms with van der Waals surface area (Å²) in [5.41, 5.74) is 0.0284. The van der Waals surface area contributed by atoms with Gasteiger partial charge >= 0.3 is 5.97 Å². The van der Waals surface area contributed by atoms with Crippen LogP contribution < -0.4 is 0 Å². The average molecular weight is 170 g/mol. The van der Waals surface area contributed by atoms with Gasteiger partial charge in [0, 0.05) is 12.5 Å². The van der Waals surface area contributed by atoms with Crippen molar-refractivity contribution in [3.63, 3.8) is 0 Å². The topological polar surface area (TPSA) is 46.5 Å². The minimum atomic E-state index is -0.677. The van der Waals surface area contributed by atoms with Crippen molar-refractivity contribution in [1.29, 1.82) is 0 Å². The Hall–Kier alpha value is -0.570. The molecule has 1 N–H and O–H groups in total. The van der Waals surface area contributed by atoms with Gasteiger partial charge < -0.3 is 9.84 Å². The zero-order chi connectivity index (χ0) is 8.77.